The molecule has 0 fully saturated rings. The van der Waals surface area contributed by atoms with Crippen molar-refractivity contribution in [2.75, 3.05) is 6.54 Å². The summed E-state index contributed by atoms with van der Waals surface area (Å²) >= 11 is 0. The second kappa shape index (κ2) is 7.03. The lowest BCUT2D eigenvalue weighted by Crippen LogP contribution is -2.45. The lowest BCUT2D eigenvalue weighted by atomic mass is 9.96. The van der Waals surface area contributed by atoms with Gasteiger partial charge in [-0.05, 0) is 52.2 Å². The Balaban J connectivity index is 3.02. The van der Waals surface area contributed by atoms with Gasteiger partial charge in [0, 0.05) is 18.2 Å². The van der Waals surface area contributed by atoms with E-state index in [2.05, 4.69) is 38.7 Å². The van der Waals surface area contributed by atoms with Crippen LogP contribution in [0.25, 0.3) is 0 Å². The monoisotopic (exact) mass is 275 g/mol. The van der Waals surface area contributed by atoms with Crippen molar-refractivity contribution in [2.45, 2.75) is 60.5 Å². The van der Waals surface area contributed by atoms with E-state index >= 15 is 0 Å². The van der Waals surface area contributed by atoms with Gasteiger partial charge in [0.25, 0.3) is 0 Å². The van der Waals surface area contributed by atoms with Crippen molar-refractivity contribution in [3.05, 3.63) is 34.9 Å². The molecule has 0 saturated heterocycles. The summed E-state index contributed by atoms with van der Waals surface area (Å²) in [7, 11) is 0. The molecule has 0 amide bonds. The summed E-state index contributed by atoms with van der Waals surface area (Å²) in [5.74, 6) is 0.798. The molecule has 2 nitrogen and oxygen atoms in total. The van der Waals surface area contributed by atoms with Gasteiger partial charge in [0.15, 0.2) is 5.78 Å². The maximum atomic E-state index is 12.8. The molecule has 1 rings (SSSR count). The quantitative estimate of drug-likeness (QED) is 0.724. The zero-order valence-electron chi connectivity index (χ0n) is 14.0. The fourth-order valence-corrected chi connectivity index (χ4v) is 2.61. The Morgan fingerprint density at radius 2 is 1.70 bits per heavy atom. The van der Waals surface area contributed by atoms with Crippen LogP contribution in [-0.4, -0.2) is 29.3 Å². The molecule has 1 aromatic carbocycles. The third kappa shape index (κ3) is 4.17. The predicted molar refractivity (Wildman–Crippen MR) is 86.4 cm³/mol. The first-order valence-corrected chi connectivity index (χ1v) is 7.61. The normalized spacial score (nSPS) is 13.3. The smallest absolute Gasteiger partial charge is 0.179 e. The molecule has 0 radical (unpaired) electrons. The van der Waals surface area contributed by atoms with Crippen LogP contribution in [0.4, 0.5) is 0 Å². The number of aryl methyl sites for hydroxylation is 2. The number of ketones is 1. The van der Waals surface area contributed by atoms with Crippen LogP contribution in [0.3, 0.4) is 0 Å². The maximum absolute atomic E-state index is 12.8. The van der Waals surface area contributed by atoms with Crippen molar-refractivity contribution < 1.29 is 4.79 Å². The van der Waals surface area contributed by atoms with E-state index < -0.39 is 0 Å². The van der Waals surface area contributed by atoms with Gasteiger partial charge in [0.05, 0.1) is 6.04 Å². The summed E-state index contributed by atoms with van der Waals surface area (Å²) < 4.78 is 0. The fourth-order valence-electron chi connectivity index (χ4n) is 2.61. The molecule has 0 aliphatic carbocycles. The zero-order valence-corrected chi connectivity index (χ0v) is 14.0. The number of benzene rings is 1. The number of nitrogens with zero attached hydrogens (tertiary/aromatic N) is 1. The lowest BCUT2D eigenvalue weighted by Gasteiger charge is -2.33. The van der Waals surface area contributed by atoms with Gasteiger partial charge in [-0.15, -0.1) is 0 Å². The van der Waals surface area contributed by atoms with Crippen LogP contribution in [-0.2, 0) is 0 Å². The minimum atomic E-state index is -0.0714. The van der Waals surface area contributed by atoms with Gasteiger partial charge >= 0.3 is 0 Å². The van der Waals surface area contributed by atoms with Crippen molar-refractivity contribution in [3.63, 3.8) is 0 Å². The molecule has 1 aromatic rings. The van der Waals surface area contributed by atoms with E-state index in [1.54, 1.807) is 0 Å². The molecule has 1 unspecified atom stereocenters. The number of carbonyl (C=O) groups is 1. The van der Waals surface area contributed by atoms with Gasteiger partial charge in [0.2, 0.25) is 0 Å². The Hall–Kier alpha value is -1.15. The summed E-state index contributed by atoms with van der Waals surface area (Å²) in [6.45, 7) is 15.8. The largest absolute Gasteiger partial charge is 0.292 e. The van der Waals surface area contributed by atoms with Crippen LogP contribution >= 0.6 is 0 Å². The molecule has 0 heterocycles. The SMILES string of the molecule is Cc1ccc(C)c(C(=O)C(C)N(CC(C)C)C(C)C)c1. The van der Waals surface area contributed by atoms with Crippen LogP contribution in [0, 0.1) is 19.8 Å². The van der Waals surface area contributed by atoms with Gasteiger partial charge in [-0.1, -0.05) is 31.5 Å². The molecule has 112 valence electrons. The summed E-state index contributed by atoms with van der Waals surface area (Å²) in [5.41, 5.74) is 3.08. The summed E-state index contributed by atoms with van der Waals surface area (Å²) in [6, 6.07) is 6.42. The molecule has 1 atom stereocenters. The molecule has 0 saturated carbocycles. The highest BCUT2D eigenvalue weighted by Crippen LogP contribution is 2.18. The van der Waals surface area contributed by atoms with Crippen LogP contribution in [0.2, 0.25) is 0 Å². The average molecular weight is 275 g/mol. The highest BCUT2D eigenvalue weighted by Gasteiger charge is 2.26. The van der Waals surface area contributed by atoms with Crippen molar-refractivity contribution >= 4 is 5.78 Å². The van der Waals surface area contributed by atoms with Crippen molar-refractivity contribution in [1.29, 1.82) is 0 Å². The van der Waals surface area contributed by atoms with Crippen LogP contribution in [0.15, 0.2) is 18.2 Å². The Labute approximate surface area is 124 Å². The highest BCUT2D eigenvalue weighted by atomic mass is 16.1. The number of hydrogen-bond donors (Lipinski definition) is 0. The molecular formula is C18H29NO. The van der Waals surface area contributed by atoms with Gasteiger partial charge in [0.1, 0.15) is 0 Å². The van der Waals surface area contributed by atoms with Crippen LogP contribution < -0.4 is 0 Å². The van der Waals surface area contributed by atoms with E-state index in [1.165, 1.54) is 0 Å². The lowest BCUT2D eigenvalue weighted by molar-refractivity contribution is 0.0762. The second-order valence-corrected chi connectivity index (χ2v) is 6.54. The van der Waals surface area contributed by atoms with Crippen molar-refractivity contribution in [2.24, 2.45) is 5.92 Å². The van der Waals surface area contributed by atoms with Crippen LogP contribution in [0.5, 0.6) is 0 Å². The summed E-state index contributed by atoms with van der Waals surface area (Å²) in [5, 5.41) is 0. The minimum absolute atomic E-state index is 0.0714. The Morgan fingerprint density at radius 3 is 2.20 bits per heavy atom. The van der Waals surface area contributed by atoms with E-state index in [0.29, 0.717) is 12.0 Å². The molecule has 0 aromatic heterocycles. The zero-order chi connectivity index (χ0) is 15.4. The topological polar surface area (TPSA) is 20.3 Å². The Morgan fingerprint density at radius 1 is 1.10 bits per heavy atom. The summed E-state index contributed by atoms with van der Waals surface area (Å²) in [6.07, 6.45) is 0. The first-order chi connectivity index (χ1) is 9.23. The first kappa shape index (κ1) is 16.9. The highest BCUT2D eigenvalue weighted by molar-refractivity contribution is 6.01. The molecule has 0 aliphatic rings. The van der Waals surface area contributed by atoms with Gasteiger partial charge < -0.3 is 0 Å². The maximum Gasteiger partial charge on any atom is 0.179 e. The third-order valence-electron chi connectivity index (χ3n) is 3.77. The molecule has 0 N–H and O–H groups in total. The van der Waals surface area contributed by atoms with E-state index in [1.807, 2.05) is 32.9 Å². The molecular weight excluding hydrogens is 246 g/mol. The van der Waals surface area contributed by atoms with Crippen molar-refractivity contribution in [3.8, 4) is 0 Å². The summed E-state index contributed by atoms with van der Waals surface area (Å²) in [4.78, 5) is 15.1. The molecule has 20 heavy (non-hydrogen) atoms. The minimum Gasteiger partial charge on any atom is -0.292 e. The fraction of sp³-hybridized carbons (Fsp3) is 0.611. The van der Waals surface area contributed by atoms with E-state index in [-0.39, 0.29) is 11.8 Å². The molecule has 0 spiro atoms. The van der Waals surface area contributed by atoms with E-state index in [9.17, 15) is 4.79 Å². The number of rotatable bonds is 6. The predicted octanol–water partition coefficient (Wildman–Crippen LogP) is 4.24. The van der Waals surface area contributed by atoms with Gasteiger partial charge in [-0.25, -0.2) is 0 Å². The Kier molecular flexibility index (Phi) is 5.94. The molecule has 2 heteroatoms. The Bertz CT molecular complexity index is 462. The van der Waals surface area contributed by atoms with Crippen LogP contribution in [0.1, 0.15) is 56.1 Å². The van der Waals surface area contributed by atoms with E-state index in [4.69, 9.17) is 0 Å². The number of hydrogen-bond acceptors (Lipinski definition) is 2. The number of carbonyl (C=O) groups excluding carboxylic acids is 1. The van der Waals surface area contributed by atoms with Crippen molar-refractivity contribution in [1.82, 2.24) is 4.90 Å². The third-order valence-corrected chi connectivity index (χ3v) is 3.77. The van der Waals surface area contributed by atoms with Gasteiger partial charge in [-0.2, -0.15) is 0 Å². The average Bonchev–Trinajstić information content (AvgIpc) is 2.36. The number of Topliss-reactive ketones (excluding diaryl/α,β-unsaturated/α-hetero) is 1. The second-order valence-electron chi connectivity index (χ2n) is 6.54. The standard InChI is InChI=1S/C18H29NO/c1-12(2)11-19(13(3)4)16(7)18(20)17-10-14(5)8-9-15(17)6/h8-10,12-13,16H,11H2,1-7H3. The molecule has 0 bridgehead atoms. The molecule has 0 aliphatic heterocycles. The first-order valence-electron chi connectivity index (χ1n) is 7.61. The van der Waals surface area contributed by atoms with Gasteiger partial charge in [-0.3, -0.25) is 9.69 Å². The van der Waals surface area contributed by atoms with E-state index in [0.717, 1.165) is 23.2 Å².